The standard InChI is InChI=1S/C18H19N3O4S/c1-23-13-9-8-12(11-14(13)24-2)19-16(22)6-3-7-17-20-18(21-25-17)15-5-4-10-26-15/h4-5,8-11H,3,6-7H2,1-2H3,(H,19,22). The first-order chi connectivity index (χ1) is 12.7. The van der Waals surface area contributed by atoms with Crippen molar-refractivity contribution >= 4 is 22.9 Å². The van der Waals surface area contributed by atoms with E-state index < -0.39 is 0 Å². The van der Waals surface area contributed by atoms with Gasteiger partial charge in [-0.2, -0.15) is 4.98 Å². The lowest BCUT2D eigenvalue weighted by Crippen LogP contribution is -2.11. The van der Waals surface area contributed by atoms with Gasteiger partial charge in [-0.15, -0.1) is 11.3 Å². The Morgan fingerprint density at radius 2 is 2.08 bits per heavy atom. The summed E-state index contributed by atoms with van der Waals surface area (Å²) in [5.74, 6) is 2.22. The second kappa shape index (κ2) is 8.48. The molecule has 26 heavy (non-hydrogen) atoms. The maximum atomic E-state index is 12.1. The number of aromatic nitrogens is 2. The first-order valence-electron chi connectivity index (χ1n) is 8.08. The number of hydrogen-bond acceptors (Lipinski definition) is 7. The molecule has 0 atom stereocenters. The van der Waals surface area contributed by atoms with E-state index in [-0.39, 0.29) is 5.91 Å². The minimum Gasteiger partial charge on any atom is -0.493 e. The minimum absolute atomic E-state index is 0.0878. The lowest BCUT2D eigenvalue weighted by atomic mass is 10.2. The number of aryl methyl sites for hydroxylation is 1. The number of nitrogens with zero attached hydrogens (tertiary/aromatic N) is 2. The smallest absolute Gasteiger partial charge is 0.226 e. The molecule has 0 aliphatic heterocycles. The van der Waals surface area contributed by atoms with Gasteiger partial charge in [-0.05, 0) is 30.0 Å². The summed E-state index contributed by atoms with van der Waals surface area (Å²) in [6, 6.07) is 9.12. The average molecular weight is 373 g/mol. The monoisotopic (exact) mass is 373 g/mol. The number of amides is 1. The van der Waals surface area contributed by atoms with Gasteiger partial charge in [-0.1, -0.05) is 11.2 Å². The van der Waals surface area contributed by atoms with Crippen molar-refractivity contribution in [2.45, 2.75) is 19.3 Å². The number of anilines is 1. The molecular formula is C18H19N3O4S. The van der Waals surface area contributed by atoms with E-state index in [2.05, 4.69) is 15.5 Å². The van der Waals surface area contributed by atoms with Gasteiger partial charge >= 0.3 is 0 Å². The van der Waals surface area contributed by atoms with Gasteiger partial charge in [-0.25, -0.2) is 0 Å². The van der Waals surface area contributed by atoms with Crippen molar-refractivity contribution in [1.29, 1.82) is 0 Å². The zero-order valence-corrected chi connectivity index (χ0v) is 15.3. The van der Waals surface area contributed by atoms with Crippen LogP contribution in [0, 0.1) is 0 Å². The largest absolute Gasteiger partial charge is 0.493 e. The van der Waals surface area contributed by atoms with E-state index in [4.69, 9.17) is 14.0 Å². The highest BCUT2D eigenvalue weighted by Crippen LogP contribution is 2.29. The first-order valence-corrected chi connectivity index (χ1v) is 8.96. The number of nitrogens with one attached hydrogen (secondary N) is 1. The quantitative estimate of drug-likeness (QED) is 0.647. The van der Waals surface area contributed by atoms with E-state index in [0.717, 1.165) is 4.88 Å². The molecule has 3 rings (SSSR count). The third-order valence-corrected chi connectivity index (χ3v) is 4.54. The highest BCUT2D eigenvalue weighted by Gasteiger charge is 2.11. The molecule has 0 saturated carbocycles. The van der Waals surface area contributed by atoms with Gasteiger partial charge in [0.05, 0.1) is 19.1 Å². The van der Waals surface area contributed by atoms with Crippen molar-refractivity contribution in [3.63, 3.8) is 0 Å². The predicted molar refractivity (Wildman–Crippen MR) is 98.7 cm³/mol. The van der Waals surface area contributed by atoms with Crippen LogP contribution in [0.5, 0.6) is 11.5 Å². The molecule has 1 amide bonds. The minimum atomic E-state index is -0.0878. The number of hydrogen-bond donors (Lipinski definition) is 1. The molecular weight excluding hydrogens is 354 g/mol. The van der Waals surface area contributed by atoms with Gasteiger partial charge < -0.3 is 19.3 Å². The Morgan fingerprint density at radius 1 is 1.23 bits per heavy atom. The maximum absolute atomic E-state index is 12.1. The van der Waals surface area contributed by atoms with E-state index in [0.29, 0.717) is 48.2 Å². The Bertz CT molecular complexity index is 861. The van der Waals surface area contributed by atoms with E-state index in [9.17, 15) is 4.79 Å². The number of ether oxygens (including phenoxy) is 2. The number of rotatable bonds is 8. The van der Waals surface area contributed by atoms with Crippen molar-refractivity contribution in [1.82, 2.24) is 10.1 Å². The summed E-state index contributed by atoms with van der Waals surface area (Å²) in [6.07, 6.45) is 1.52. The first kappa shape index (κ1) is 17.9. The van der Waals surface area contributed by atoms with Crippen LogP contribution in [0.2, 0.25) is 0 Å². The van der Waals surface area contributed by atoms with E-state index >= 15 is 0 Å². The molecule has 1 N–H and O–H groups in total. The topological polar surface area (TPSA) is 86.5 Å². The van der Waals surface area contributed by atoms with Crippen LogP contribution >= 0.6 is 11.3 Å². The highest BCUT2D eigenvalue weighted by molar-refractivity contribution is 7.13. The van der Waals surface area contributed by atoms with Crippen LogP contribution < -0.4 is 14.8 Å². The van der Waals surface area contributed by atoms with E-state index in [1.165, 1.54) is 0 Å². The fourth-order valence-corrected chi connectivity index (χ4v) is 3.05. The molecule has 0 spiro atoms. The van der Waals surface area contributed by atoms with Gasteiger partial charge in [0.25, 0.3) is 0 Å². The van der Waals surface area contributed by atoms with Crippen molar-refractivity contribution < 1.29 is 18.8 Å². The third-order valence-electron chi connectivity index (χ3n) is 3.67. The Kier molecular flexibility index (Phi) is 5.85. The van der Waals surface area contributed by atoms with Crippen molar-refractivity contribution in [2.24, 2.45) is 0 Å². The fraction of sp³-hybridized carbons (Fsp3) is 0.278. The fourth-order valence-electron chi connectivity index (χ4n) is 2.40. The lowest BCUT2D eigenvalue weighted by Gasteiger charge is -2.10. The molecule has 7 nitrogen and oxygen atoms in total. The van der Waals surface area contributed by atoms with Gasteiger partial charge in [0.2, 0.25) is 17.6 Å². The second-order valence-corrected chi connectivity index (χ2v) is 6.41. The lowest BCUT2D eigenvalue weighted by molar-refractivity contribution is -0.116. The van der Waals surface area contributed by atoms with Crippen molar-refractivity contribution in [3.05, 3.63) is 41.6 Å². The van der Waals surface area contributed by atoms with E-state index in [1.54, 1.807) is 43.8 Å². The Balaban J connectivity index is 1.49. The highest BCUT2D eigenvalue weighted by atomic mass is 32.1. The normalized spacial score (nSPS) is 10.5. The van der Waals surface area contributed by atoms with Gasteiger partial charge in [0.1, 0.15) is 0 Å². The van der Waals surface area contributed by atoms with Gasteiger partial charge in [-0.3, -0.25) is 4.79 Å². The summed E-state index contributed by atoms with van der Waals surface area (Å²) in [7, 11) is 3.12. The number of thiophene rings is 1. The van der Waals surface area contributed by atoms with Crippen molar-refractivity contribution in [3.8, 4) is 22.2 Å². The number of carbonyl (C=O) groups is 1. The van der Waals surface area contributed by atoms with Gasteiger partial charge in [0.15, 0.2) is 11.5 Å². The zero-order valence-electron chi connectivity index (χ0n) is 14.5. The van der Waals surface area contributed by atoms with Crippen LogP contribution in [0.3, 0.4) is 0 Å². The number of carbonyl (C=O) groups excluding carboxylic acids is 1. The molecule has 3 aromatic rings. The molecule has 0 aliphatic carbocycles. The van der Waals surface area contributed by atoms with Crippen molar-refractivity contribution in [2.75, 3.05) is 19.5 Å². The van der Waals surface area contributed by atoms with Crippen LogP contribution in [0.15, 0.2) is 40.2 Å². The molecule has 0 saturated heterocycles. The summed E-state index contributed by atoms with van der Waals surface area (Å²) < 4.78 is 15.6. The molecule has 8 heteroatoms. The summed E-state index contributed by atoms with van der Waals surface area (Å²) >= 11 is 1.56. The van der Waals surface area contributed by atoms with Crippen LogP contribution in [-0.4, -0.2) is 30.3 Å². The van der Waals surface area contributed by atoms with Crippen LogP contribution in [0.25, 0.3) is 10.7 Å². The van der Waals surface area contributed by atoms with Crippen LogP contribution in [0.4, 0.5) is 5.69 Å². The summed E-state index contributed by atoms with van der Waals surface area (Å²) in [6.45, 7) is 0. The molecule has 0 unspecified atom stereocenters. The molecule has 0 bridgehead atoms. The Morgan fingerprint density at radius 3 is 2.81 bits per heavy atom. The molecule has 2 aromatic heterocycles. The molecule has 2 heterocycles. The number of methoxy groups -OCH3 is 2. The zero-order chi connectivity index (χ0) is 18.4. The van der Waals surface area contributed by atoms with E-state index in [1.807, 2.05) is 17.5 Å². The molecule has 0 fully saturated rings. The summed E-state index contributed by atoms with van der Waals surface area (Å²) in [5, 5.41) is 8.76. The second-order valence-electron chi connectivity index (χ2n) is 5.46. The Labute approximate surface area is 154 Å². The maximum Gasteiger partial charge on any atom is 0.226 e. The molecule has 0 radical (unpaired) electrons. The predicted octanol–water partition coefficient (Wildman–Crippen LogP) is 3.78. The van der Waals surface area contributed by atoms with Gasteiger partial charge in [0, 0.05) is 24.6 Å². The molecule has 136 valence electrons. The average Bonchev–Trinajstić information content (AvgIpc) is 3.33. The van der Waals surface area contributed by atoms with Crippen LogP contribution in [0.1, 0.15) is 18.7 Å². The number of benzene rings is 1. The Hall–Kier alpha value is -2.87. The molecule has 1 aromatic carbocycles. The summed E-state index contributed by atoms with van der Waals surface area (Å²) in [5.41, 5.74) is 0.658. The molecule has 0 aliphatic rings. The summed E-state index contributed by atoms with van der Waals surface area (Å²) in [4.78, 5) is 17.4. The van der Waals surface area contributed by atoms with Crippen LogP contribution in [-0.2, 0) is 11.2 Å². The SMILES string of the molecule is COc1ccc(NC(=O)CCCc2nc(-c3cccs3)no2)cc1OC. The third kappa shape index (κ3) is 4.40.